The second-order valence-electron chi connectivity index (χ2n) is 5.28. The van der Waals surface area contributed by atoms with E-state index in [1.54, 1.807) is 6.92 Å². The second kappa shape index (κ2) is 7.74. The lowest BCUT2D eigenvalue weighted by Crippen LogP contribution is -2.25. The third-order valence-corrected chi connectivity index (χ3v) is 5.10. The summed E-state index contributed by atoms with van der Waals surface area (Å²) < 4.78 is 45.7. The number of allylic oxidation sites excluding steroid dienone is 1. The van der Waals surface area contributed by atoms with Crippen molar-refractivity contribution in [3.63, 3.8) is 0 Å². The van der Waals surface area contributed by atoms with Crippen LogP contribution < -0.4 is 9.46 Å². The van der Waals surface area contributed by atoms with Crippen LogP contribution in [0.25, 0.3) is 0 Å². The normalized spacial score (nSPS) is 15.5. The Hall–Kier alpha value is -1.40. The molecule has 0 aromatic heterocycles. The molecule has 0 unspecified atom stereocenters. The van der Waals surface area contributed by atoms with Gasteiger partial charge in [-0.1, -0.05) is 11.6 Å². The molecule has 0 heterocycles. The lowest BCUT2D eigenvalue weighted by Gasteiger charge is -2.13. The zero-order valence-corrected chi connectivity index (χ0v) is 13.6. The summed E-state index contributed by atoms with van der Waals surface area (Å²) in [7, 11) is -3.69. The predicted molar refractivity (Wildman–Crippen MR) is 83.9 cm³/mol. The molecule has 22 heavy (non-hydrogen) atoms. The SMILES string of the molecule is CCOc1ccc(S(=O)(=O)NCCC2=CCCCC2)cc1F. The van der Waals surface area contributed by atoms with Crippen LogP contribution in [0.3, 0.4) is 0 Å². The van der Waals surface area contributed by atoms with Gasteiger partial charge in [0, 0.05) is 6.54 Å². The highest BCUT2D eigenvalue weighted by Gasteiger charge is 2.16. The van der Waals surface area contributed by atoms with Gasteiger partial charge in [0.05, 0.1) is 11.5 Å². The van der Waals surface area contributed by atoms with Gasteiger partial charge in [0.25, 0.3) is 0 Å². The zero-order chi connectivity index (χ0) is 16.0. The van der Waals surface area contributed by atoms with Gasteiger partial charge >= 0.3 is 0 Å². The van der Waals surface area contributed by atoms with Crippen molar-refractivity contribution in [1.29, 1.82) is 0 Å². The highest BCUT2D eigenvalue weighted by molar-refractivity contribution is 7.89. The van der Waals surface area contributed by atoms with Gasteiger partial charge in [-0.05, 0) is 57.2 Å². The molecule has 0 saturated heterocycles. The van der Waals surface area contributed by atoms with Crippen LogP contribution in [0.15, 0.2) is 34.7 Å². The van der Waals surface area contributed by atoms with Crippen LogP contribution in [0.5, 0.6) is 5.75 Å². The first-order valence-electron chi connectivity index (χ1n) is 7.63. The molecule has 0 bridgehead atoms. The Bertz CT molecular complexity index is 641. The number of hydrogen-bond acceptors (Lipinski definition) is 3. The maximum Gasteiger partial charge on any atom is 0.240 e. The van der Waals surface area contributed by atoms with Gasteiger partial charge in [0.1, 0.15) is 0 Å². The molecule has 0 amide bonds. The van der Waals surface area contributed by atoms with Gasteiger partial charge in [-0.2, -0.15) is 0 Å². The first kappa shape index (κ1) is 17.0. The monoisotopic (exact) mass is 327 g/mol. The van der Waals surface area contributed by atoms with E-state index < -0.39 is 15.8 Å². The third kappa shape index (κ3) is 4.55. The second-order valence-corrected chi connectivity index (χ2v) is 7.05. The van der Waals surface area contributed by atoms with Crippen molar-refractivity contribution in [2.24, 2.45) is 0 Å². The highest BCUT2D eigenvalue weighted by atomic mass is 32.2. The van der Waals surface area contributed by atoms with Crippen LogP contribution in [-0.4, -0.2) is 21.6 Å². The summed E-state index contributed by atoms with van der Waals surface area (Å²) in [6, 6.07) is 3.69. The van der Waals surface area contributed by atoms with Crippen LogP contribution in [-0.2, 0) is 10.0 Å². The molecule has 0 saturated carbocycles. The molecule has 1 N–H and O–H groups in total. The van der Waals surface area contributed by atoms with Crippen LogP contribution in [0.1, 0.15) is 39.0 Å². The van der Waals surface area contributed by atoms with E-state index in [0.717, 1.165) is 18.9 Å². The minimum atomic E-state index is -3.69. The molecule has 2 rings (SSSR count). The van der Waals surface area contributed by atoms with E-state index in [2.05, 4.69) is 10.8 Å². The molecule has 1 aliphatic carbocycles. The van der Waals surface area contributed by atoms with Gasteiger partial charge in [-0.3, -0.25) is 0 Å². The van der Waals surface area contributed by atoms with Crippen molar-refractivity contribution < 1.29 is 17.5 Å². The maximum atomic E-state index is 13.8. The van der Waals surface area contributed by atoms with E-state index in [1.807, 2.05) is 0 Å². The van der Waals surface area contributed by atoms with Gasteiger partial charge < -0.3 is 4.74 Å². The van der Waals surface area contributed by atoms with Crippen molar-refractivity contribution in [2.45, 2.75) is 43.9 Å². The molecule has 6 heteroatoms. The molecular weight excluding hydrogens is 305 g/mol. The summed E-state index contributed by atoms with van der Waals surface area (Å²) in [6.45, 7) is 2.41. The number of rotatable bonds is 7. The maximum absolute atomic E-state index is 13.8. The Kier molecular flexibility index (Phi) is 5.97. The molecule has 1 aliphatic rings. The average Bonchev–Trinajstić information content (AvgIpc) is 2.50. The molecule has 0 radical (unpaired) electrons. The van der Waals surface area contributed by atoms with Crippen LogP contribution in [0.4, 0.5) is 4.39 Å². The Labute approximate surface area is 131 Å². The smallest absolute Gasteiger partial charge is 0.240 e. The number of benzene rings is 1. The summed E-state index contributed by atoms with van der Waals surface area (Å²) in [6.07, 6.45) is 7.39. The molecule has 122 valence electrons. The zero-order valence-electron chi connectivity index (χ0n) is 12.8. The Morgan fingerprint density at radius 3 is 2.77 bits per heavy atom. The summed E-state index contributed by atoms with van der Waals surface area (Å²) >= 11 is 0. The van der Waals surface area contributed by atoms with Gasteiger partial charge in [0.2, 0.25) is 10.0 Å². The van der Waals surface area contributed by atoms with Crippen molar-refractivity contribution in [3.05, 3.63) is 35.7 Å². The summed E-state index contributed by atoms with van der Waals surface area (Å²) in [5.74, 6) is -0.603. The van der Waals surface area contributed by atoms with Gasteiger partial charge in [-0.15, -0.1) is 0 Å². The average molecular weight is 327 g/mol. The fourth-order valence-electron chi connectivity index (χ4n) is 2.48. The first-order chi connectivity index (χ1) is 10.5. The molecule has 0 atom stereocenters. The minimum absolute atomic E-state index is 0.0637. The first-order valence-corrected chi connectivity index (χ1v) is 9.11. The van der Waals surface area contributed by atoms with Gasteiger partial charge in [-0.25, -0.2) is 17.5 Å². The molecule has 0 fully saturated rings. The lowest BCUT2D eigenvalue weighted by atomic mass is 9.97. The molecule has 0 spiro atoms. The van der Waals surface area contributed by atoms with Crippen molar-refractivity contribution in [1.82, 2.24) is 4.72 Å². The molecule has 1 aromatic carbocycles. The molecule has 4 nitrogen and oxygen atoms in total. The molecule has 1 aromatic rings. The topological polar surface area (TPSA) is 55.4 Å². The van der Waals surface area contributed by atoms with E-state index in [9.17, 15) is 12.8 Å². The number of halogens is 1. The number of sulfonamides is 1. The Morgan fingerprint density at radius 1 is 1.32 bits per heavy atom. The van der Waals surface area contributed by atoms with E-state index in [4.69, 9.17) is 4.74 Å². The summed E-state index contributed by atoms with van der Waals surface area (Å²) in [4.78, 5) is -0.0777. The quantitative estimate of drug-likeness (QED) is 0.781. The van der Waals surface area contributed by atoms with Crippen LogP contribution in [0.2, 0.25) is 0 Å². The predicted octanol–water partition coefficient (Wildman–Crippen LogP) is 3.39. The number of hydrogen-bond donors (Lipinski definition) is 1. The van der Waals surface area contributed by atoms with E-state index in [-0.39, 0.29) is 10.6 Å². The van der Waals surface area contributed by atoms with E-state index in [1.165, 1.54) is 30.5 Å². The Balaban J connectivity index is 1.97. The standard InChI is InChI=1S/C16H22FNO3S/c1-2-21-16-9-8-14(12-15(16)17)22(19,20)18-11-10-13-6-4-3-5-7-13/h6,8-9,12,18H,2-5,7,10-11H2,1H3. The number of nitrogens with one attached hydrogen (secondary N) is 1. The Morgan fingerprint density at radius 2 is 2.14 bits per heavy atom. The van der Waals surface area contributed by atoms with Crippen molar-refractivity contribution in [3.8, 4) is 5.75 Å². The van der Waals surface area contributed by atoms with Crippen molar-refractivity contribution in [2.75, 3.05) is 13.2 Å². The lowest BCUT2D eigenvalue weighted by molar-refractivity contribution is 0.321. The number of ether oxygens (including phenoxy) is 1. The third-order valence-electron chi connectivity index (χ3n) is 3.64. The minimum Gasteiger partial charge on any atom is -0.491 e. The summed E-state index contributed by atoms with van der Waals surface area (Å²) in [5.41, 5.74) is 1.30. The highest BCUT2D eigenvalue weighted by Crippen LogP contribution is 2.22. The summed E-state index contributed by atoms with van der Waals surface area (Å²) in [5, 5.41) is 0. The van der Waals surface area contributed by atoms with E-state index >= 15 is 0 Å². The van der Waals surface area contributed by atoms with Crippen LogP contribution >= 0.6 is 0 Å². The molecular formula is C16H22FNO3S. The van der Waals surface area contributed by atoms with Crippen molar-refractivity contribution >= 4 is 10.0 Å². The van der Waals surface area contributed by atoms with Gasteiger partial charge in [0.15, 0.2) is 11.6 Å². The fourth-order valence-corrected chi connectivity index (χ4v) is 3.53. The fraction of sp³-hybridized carbons (Fsp3) is 0.500. The largest absolute Gasteiger partial charge is 0.491 e. The molecule has 0 aliphatic heterocycles. The van der Waals surface area contributed by atoms with Crippen LogP contribution in [0, 0.1) is 5.82 Å². The van der Waals surface area contributed by atoms with E-state index in [0.29, 0.717) is 19.6 Å².